The van der Waals surface area contributed by atoms with Crippen molar-refractivity contribution in [3.63, 3.8) is 0 Å². The van der Waals surface area contributed by atoms with Gasteiger partial charge in [0.15, 0.2) is 0 Å². The van der Waals surface area contributed by atoms with E-state index in [1.807, 2.05) is 6.07 Å². The molecular formula is C25H29N7O2. The number of carbonyl (C=O) groups excluding carboxylic acids is 1. The Kier molecular flexibility index (Phi) is 6.27. The van der Waals surface area contributed by atoms with Gasteiger partial charge in [0.2, 0.25) is 5.91 Å². The van der Waals surface area contributed by atoms with Crippen molar-refractivity contribution < 1.29 is 9.53 Å². The van der Waals surface area contributed by atoms with E-state index in [1.54, 1.807) is 6.20 Å². The third-order valence-electron chi connectivity index (χ3n) is 6.56. The summed E-state index contributed by atoms with van der Waals surface area (Å²) in [6.07, 6.45) is 4.45. The Morgan fingerprint density at radius 3 is 2.79 bits per heavy atom. The smallest absolute Gasteiger partial charge is 0.220 e. The molecule has 176 valence electrons. The van der Waals surface area contributed by atoms with Gasteiger partial charge in [-0.2, -0.15) is 5.10 Å². The van der Waals surface area contributed by atoms with E-state index in [4.69, 9.17) is 15.1 Å². The molecule has 34 heavy (non-hydrogen) atoms. The molecule has 2 atom stereocenters. The summed E-state index contributed by atoms with van der Waals surface area (Å²) in [4.78, 5) is 18.7. The highest BCUT2D eigenvalue weighted by molar-refractivity contribution is 5.96. The van der Waals surface area contributed by atoms with Crippen molar-refractivity contribution in [2.24, 2.45) is 0 Å². The minimum atomic E-state index is 0.127. The van der Waals surface area contributed by atoms with Crippen LogP contribution in [0.1, 0.15) is 36.8 Å². The highest BCUT2D eigenvalue weighted by Crippen LogP contribution is 2.34. The zero-order valence-corrected chi connectivity index (χ0v) is 19.2. The molecule has 4 N–H and O–H groups in total. The Morgan fingerprint density at radius 1 is 1.26 bits per heavy atom. The van der Waals surface area contributed by atoms with E-state index in [1.165, 1.54) is 11.8 Å². The van der Waals surface area contributed by atoms with Gasteiger partial charge < -0.3 is 25.7 Å². The summed E-state index contributed by atoms with van der Waals surface area (Å²) < 4.78 is 5.63. The quantitative estimate of drug-likeness (QED) is 0.420. The van der Waals surface area contributed by atoms with Crippen LogP contribution < -0.4 is 15.5 Å². The van der Waals surface area contributed by atoms with Crippen LogP contribution in [0.2, 0.25) is 0 Å². The number of amides is 1. The number of nitrogens with zero attached hydrogens (tertiary/aromatic N) is 3. The van der Waals surface area contributed by atoms with E-state index in [9.17, 15) is 4.79 Å². The van der Waals surface area contributed by atoms with Crippen LogP contribution in [0.5, 0.6) is 0 Å². The predicted molar refractivity (Wildman–Crippen MR) is 132 cm³/mol. The Morgan fingerprint density at radius 2 is 2.12 bits per heavy atom. The van der Waals surface area contributed by atoms with Gasteiger partial charge >= 0.3 is 0 Å². The lowest BCUT2D eigenvalue weighted by Gasteiger charge is -2.35. The largest absolute Gasteiger partial charge is 0.377 e. The lowest BCUT2D eigenvalue weighted by Crippen LogP contribution is -2.44. The number of rotatable bonds is 6. The average molecular weight is 460 g/mol. The van der Waals surface area contributed by atoms with Gasteiger partial charge in [0.1, 0.15) is 17.5 Å². The summed E-state index contributed by atoms with van der Waals surface area (Å²) in [5.74, 6) is 2.61. The number of pyridine rings is 1. The molecule has 2 aliphatic rings. The van der Waals surface area contributed by atoms with Crippen LogP contribution in [0.3, 0.4) is 0 Å². The first kappa shape index (κ1) is 22.1. The van der Waals surface area contributed by atoms with E-state index in [0.29, 0.717) is 49.3 Å². The third kappa shape index (κ3) is 4.51. The second kappa shape index (κ2) is 9.64. The molecule has 1 amide bonds. The number of piperidine rings is 1. The van der Waals surface area contributed by atoms with Crippen molar-refractivity contribution in [3.8, 4) is 11.1 Å². The molecule has 9 nitrogen and oxygen atoms in total. The fourth-order valence-corrected chi connectivity index (χ4v) is 4.64. The Balaban J connectivity index is 1.53. The second-order valence-electron chi connectivity index (χ2n) is 8.81. The van der Waals surface area contributed by atoms with Gasteiger partial charge in [-0.1, -0.05) is 24.3 Å². The molecule has 5 rings (SSSR count). The predicted octanol–water partition coefficient (Wildman–Crippen LogP) is 3.43. The molecule has 1 aromatic carbocycles. The Labute approximate surface area is 198 Å². The summed E-state index contributed by atoms with van der Waals surface area (Å²) in [5.41, 5.74) is 3.87. The molecular weight excluding hydrogens is 430 g/mol. The summed E-state index contributed by atoms with van der Waals surface area (Å²) in [6.45, 7) is 4.87. The molecule has 0 bridgehead atoms. The summed E-state index contributed by atoms with van der Waals surface area (Å²) >= 11 is 0. The lowest BCUT2D eigenvalue weighted by atomic mass is 9.90. The highest BCUT2D eigenvalue weighted by atomic mass is 16.5. The van der Waals surface area contributed by atoms with Crippen LogP contribution in [0, 0.1) is 5.41 Å². The first-order valence-corrected chi connectivity index (χ1v) is 11.7. The standard InChI is InChI=1S/C25H29N7O2/c1-16-15-34-11-10-32(16)23-12-20(21(13-26)25(30-23)29-22-8-9-28-31-22)18-4-2-17(3-5-18)19-6-7-24(33)27-14-19/h2-5,8-9,12-13,16,19,26H,6-7,10-11,14-15H2,1H3,(H,27,33)(H2,28,29,30,31)/t16-,19?/m1/s1. The number of morpholine rings is 1. The van der Waals surface area contributed by atoms with E-state index >= 15 is 0 Å². The molecule has 2 saturated heterocycles. The normalized spacial score (nSPS) is 20.6. The second-order valence-corrected chi connectivity index (χ2v) is 8.81. The fraction of sp³-hybridized carbons (Fsp3) is 0.360. The minimum Gasteiger partial charge on any atom is -0.377 e. The SMILES string of the molecule is C[C@@H]1COCCN1c1cc(-c2ccc(C3CCC(=O)NC3)cc2)c(C=N)c(Nc2ccn[nH]2)n1. The first-order chi connectivity index (χ1) is 16.6. The fourth-order valence-electron chi connectivity index (χ4n) is 4.64. The molecule has 0 radical (unpaired) electrons. The molecule has 1 unspecified atom stereocenters. The number of anilines is 3. The van der Waals surface area contributed by atoms with E-state index in [-0.39, 0.29) is 11.9 Å². The average Bonchev–Trinajstić information content (AvgIpc) is 3.38. The summed E-state index contributed by atoms with van der Waals surface area (Å²) in [5, 5.41) is 21.4. The van der Waals surface area contributed by atoms with Gasteiger partial charge in [0.25, 0.3) is 0 Å². The number of aromatic amines is 1. The number of H-pyrrole nitrogens is 1. The van der Waals surface area contributed by atoms with Crippen molar-refractivity contribution in [2.45, 2.75) is 31.7 Å². The van der Waals surface area contributed by atoms with Crippen molar-refractivity contribution in [1.29, 1.82) is 5.41 Å². The van der Waals surface area contributed by atoms with Crippen LogP contribution in [0.25, 0.3) is 11.1 Å². The van der Waals surface area contributed by atoms with Gasteiger partial charge in [-0.05, 0) is 36.1 Å². The van der Waals surface area contributed by atoms with Crippen LogP contribution in [0.4, 0.5) is 17.5 Å². The van der Waals surface area contributed by atoms with Crippen LogP contribution in [-0.4, -0.2) is 59.6 Å². The molecule has 2 aromatic heterocycles. The number of benzene rings is 1. The number of nitrogens with one attached hydrogen (secondary N) is 4. The first-order valence-electron chi connectivity index (χ1n) is 11.7. The van der Waals surface area contributed by atoms with E-state index in [2.05, 4.69) is 63.0 Å². The topological polar surface area (TPSA) is 119 Å². The number of carbonyl (C=O) groups is 1. The minimum absolute atomic E-state index is 0.127. The lowest BCUT2D eigenvalue weighted by molar-refractivity contribution is -0.122. The maximum atomic E-state index is 11.5. The van der Waals surface area contributed by atoms with Gasteiger partial charge in [0.05, 0.1) is 25.5 Å². The van der Waals surface area contributed by atoms with E-state index in [0.717, 1.165) is 29.9 Å². The van der Waals surface area contributed by atoms with Gasteiger partial charge in [-0.15, -0.1) is 0 Å². The Bertz CT molecular complexity index is 1150. The Hall–Kier alpha value is -3.72. The van der Waals surface area contributed by atoms with Crippen LogP contribution in [-0.2, 0) is 9.53 Å². The molecule has 9 heteroatoms. The molecule has 3 aromatic rings. The van der Waals surface area contributed by atoms with Crippen LogP contribution >= 0.6 is 0 Å². The summed E-state index contributed by atoms with van der Waals surface area (Å²) in [6, 6.07) is 12.5. The van der Waals surface area contributed by atoms with Gasteiger partial charge in [-0.25, -0.2) is 4.98 Å². The number of aromatic nitrogens is 3. The van der Waals surface area contributed by atoms with Crippen LogP contribution in [0.15, 0.2) is 42.6 Å². The van der Waals surface area contributed by atoms with Crippen molar-refractivity contribution in [3.05, 3.63) is 53.7 Å². The number of hydrogen-bond acceptors (Lipinski definition) is 7. The molecule has 4 heterocycles. The van der Waals surface area contributed by atoms with Gasteiger partial charge in [-0.3, -0.25) is 9.89 Å². The van der Waals surface area contributed by atoms with E-state index < -0.39 is 0 Å². The zero-order valence-electron chi connectivity index (χ0n) is 19.2. The molecule has 2 aliphatic heterocycles. The molecule has 0 aliphatic carbocycles. The molecule has 0 saturated carbocycles. The highest BCUT2D eigenvalue weighted by Gasteiger charge is 2.24. The third-order valence-corrected chi connectivity index (χ3v) is 6.56. The zero-order chi connectivity index (χ0) is 23.5. The van der Waals surface area contributed by atoms with Gasteiger partial charge in [0, 0.05) is 43.3 Å². The summed E-state index contributed by atoms with van der Waals surface area (Å²) in [7, 11) is 0. The molecule has 0 spiro atoms. The number of ether oxygens (including phenoxy) is 1. The monoisotopic (exact) mass is 459 g/mol. The maximum Gasteiger partial charge on any atom is 0.220 e. The maximum absolute atomic E-state index is 11.5. The molecule has 2 fully saturated rings. The number of hydrogen-bond donors (Lipinski definition) is 4. The van der Waals surface area contributed by atoms with Crippen molar-refractivity contribution in [1.82, 2.24) is 20.5 Å². The van der Waals surface area contributed by atoms with Crippen molar-refractivity contribution in [2.75, 3.05) is 36.5 Å². The van der Waals surface area contributed by atoms with Crippen molar-refractivity contribution >= 4 is 29.6 Å².